The highest BCUT2D eigenvalue weighted by Crippen LogP contribution is 2.32. The van der Waals surface area contributed by atoms with Crippen LogP contribution in [0.4, 0.5) is 5.69 Å². The van der Waals surface area contributed by atoms with Gasteiger partial charge in [0.05, 0.1) is 7.11 Å². The largest absolute Gasteiger partial charge is 0.480 e. The molecule has 0 aliphatic carbocycles. The van der Waals surface area contributed by atoms with Crippen LogP contribution in [0.1, 0.15) is 40.0 Å². The first-order valence-electron chi connectivity index (χ1n) is 7.37. The van der Waals surface area contributed by atoms with Crippen LogP contribution < -0.4 is 15.8 Å². The maximum atomic E-state index is 12.1. The molecule has 0 aliphatic heterocycles. The molecule has 0 bridgehead atoms. The summed E-state index contributed by atoms with van der Waals surface area (Å²) in [5.41, 5.74) is 6.43. The summed E-state index contributed by atoms with van der Waals surface area (Å²) in [6.45, 7) is 7.22. The molecule has 0 saturated heterocycles. The molecule has 0 radical (unpaired) electrons. The Morgan fingerprint density at radius 3 is 2.71 bits per heavy atom. The molecule has 5 heteroatoms. The summed E-state index contributed by atoms with van der Waals surface area (Å²) in [6, 6.07) is 3.55. The molecular weight excluding hydrogens is 266 g/mol. The Balaban J connectivity index is 2.57. The van der Waals surface area contributed by atoms with Gasteiger partial charge in [-0.2, -0.15) is 0 Å². The van der Waals surface area contributed by atoms with Crippen molar-refractivity contribution < 1.29 is 9.53 Å². The van der Waals surface area contributed by atoms with Crippen molar-refractivity contribution in [3.8, 4) is 5.88 Å². The van der Waals surface area contributed by atoms with Crippen molar-refractivity contribution in [2.24, 2.45) is 17.1 Å². The highest BCUT2D eigenvalue weighted by atomic mass is 16.5. The fraction of sp³-hybridized carbons (Fsp3) is 0.625. The van der Waals surface area contributed by atoms with E-state index in [4.69, 9.17) is 10.5 Å². The summed E-state index contributed by atoms with van der Waals surface area (Å²) in [6.07, 6.45) is 3.87. The van der Waals surface area contributed by atoms with Crippen molar-refractivity contribution >= 4 is 11.6 Å². The zero-order valence-corrected chi connectivity index (χ0v) is 13.5. The van der Waals surface area contributed by atoms with Gasteiger partial charge in [-0.05, 0) is 42.9 Å². The van der Waals surface area contributed by atoms with Crippen molar-refractivity contribution in [1.29, 1.82) is 0 Å². The molecule has 0 fully saturated rings. The molecule has 5 nitrogen and oxygen atoms in total. The molecule has 0 spiro atoms. The van der Waals surface area contributed by atoms with E-state index in [1.807, 2.05) is 0 Å². The van der Waals surface area contributed by atoms with Gasteiger partial charge >= 0.3 is 0 Å². The van der Waals surface area contributed by atoms with Gasteiger partial charge in [0, 0.05) is 12.6 Å². The van der Waals surface area contributed by atoms with Gasteiger partial charge in [0.2, 0.25) is 11.8 Å². The SMILES string of the molecule is COc1ncccc1NC(=O)CCC(CCN)C(C)(C)C. The van der Waals surface area contributed by atoms with Gasteiger partial charge in [-0.15, -0.1) is 0 Å². The molecule has 1 unspecified atom stereocenters. The first-order chi connectivity index (χ1) is 9.88. The van der Waals surface area contributed by atoms with E-state index in [9.17, 15) is 4.79 Å². The number of pyridine rings is 1. The normalized spacial score (nSPS) is 12.8. The lowest BCUT2D eigenvalue weighted by molar-refractivity contribution is -0.116. The predicted molar refractivity (Wildman–Crippen MR) is 85.3 cm³/mol. The van der Waals surface area contributed by atoms with Gasteiger partial charge in [0.1, 0.15) is 5.69 Å². The molecule has 1 atom stereocenters. The fourth-order valence-electron chi connectivity index (χ4n) is 2.38. The Morgan fingerprint density at radius 1 is 1.43 bits per heavy atom. The molecule has 0 aliphatic rings. The molecule has 1 heterocycles. The lowest BCUT2D eigenvalue weighted by Gasteiger charge is -2.30. The number of nitrogens with two attached hydrogens (primary N) is 1. The smallest absolute Gasteiger partial charge is 0.237 e. The highest BCUT2D eigenvalue weighted by molar-refractivity contribution is 5.91. The lowest BCUT2D eigenvalue weighted by Crippen LogP contribution is -2.25. The summed E-state index contributed by atoms with van der Waals surface area (Å²) in [5, 5.41) is 2.85. The van der Waals surface area contributed by atoms with Crippen LogP contribution >= 0.6 is 0 Å². The Kier molecular flexibility index (Phi) is 6.62. The lowest BCUT2D eigenvalue weighted by atomic mass is 9.76. The van der Waals surface area contributed by atoms with Crippen LogP contribution in [0.2, 0.25) is 0 Å². The quantitative estimate of drug-likeness (QED) is 0.810. The van der Waals surface area contributed by atoms with Gasteiger partial charge < -0.3 is 15.8 Å². The summed E-state index contributed by atoms with van der Waals surface area (Å²) in [4.78, 5) is 16.2. The summed E-state index contributed by atoms with van der Waals surface area (Å²) < 4.78 is 5.12. The van der Waals surface area contributed by atoms with E-state index in [1.165, 1.54) is 7.11 Å². The average molecular weight is 293 g/mol. The van der Waals surface area contributed by atoms with Crippen LogP contribution in [0, 0.1) is 11.3 Å². The number of carbonyl (C=O) groups is 1. The molecule has 1 aromatic heterocycles. The van der Waals surface area contributed by atoms with E-state index >= 15 is 0 Å². The number of hydrogen-bond acceptors (Lipinski definition) is 4. The highest BCUT2D eigenvalue weighted by Gasteiger charge is 2.24. The number of carbonyl (C=O) groups excluding carboxylic acids is 1. The first kappa shape index (κ1) is 17.4. The third-order valence-electron chi connectivity index (χ3n) is 3.70. The number of rotatable bonds is 7. The zero-order valence-electron chi connectivity index (χ0n) is 13.5. The summed E-state index contributed by atoms with van der Waals surface area (Å²) in [7, 11) is 1.54. The van der Waals surface area contributed by atoms with Crippen LogP contribution in [0.15, 0.2) is 18.3 Å². The number of nitrogens with zero attached hydrogens (tertiary/aromatic N) is 1. The monoisotopic (exact) mass is 293 g/mol. The molecule has 118 valence electrons. The van der Waals surface area contributed by atoms with E-state index in [-0.39, 0.29) is 11.3 Å². The Morgan fingerprint density at radius 2 is 2.14 bits per heavy atom. The Hall–Kier alpha value is -1.62. The van der Waals surface area contributed by atoms with Crippen LogP contribution in [0.3, 0.4) is 0 Å². The standard InChI is InChI=1S/C16H27N3O2/c1-16(2,3)12(9-10-17)7-8-14(20)19-13-6-5-11-18-15(13)21-4/h5-6,11-12H,7-10,17H2,1-4H3,(H,19,20). The average Bonchev–Trinajstić information content (AvgIpc) is 2.42. The number of nitrogens with one attached hydrogen (secondary N) is 1. The molecule has 1 rings (SSSR count). The Labute approximate surface area is 127 Å². The van der Waals surface area contributed by atoms with Gasteiger partial charge in [-0.1, -0.05) is 20.8 Å². The van der Waals surface area contributed by atoms with E-state index in [0.717, 1.165) is 12.8 Å². The van der Waals surface area contributed by atoms with Crippen molar-refractivity contribution in [1.82, 2.24) is 4.98 Å². The molecule has 1 aromatic rings. The molecule has 1 amide bonds. The number of amides is 1. The number of anilines is 1. The minimum atomic E-state index is -0.0208. The number of hydrogen-bond donors (Lipinski definition) is 2. The van der Waals surface area contributed by atoms with Gasteiger partial charge in [0.25, 0.3) is 0 Å². The van der Waals surface area contributed by atoms with E-state index in [1.54, 1.807) is 18.3 Å². The van der Waals surface area contributed by atoms with Gasteiger partial charge in [-0.3, -0.25) is 4.79 Å². The number of ether oxygens (including phenoxy) is 1. The molecular formula is C16H27N3O2. The maximum absolute atomic E-state index is 12.1. The third kappa shape index (κ3) is 5.71. The second kappa shape index (κ2) is 7.98. The number of methoxy groups -OCH3 is 1. The van der Waals surface area contributed by atoms with Gasteiger partial charge in [0.15, 0.2) is 0 Å². The van der Waals surface area contributed by atoms with Crippen molar-refractivity contribution in [2.45, 2.75) is 40.0 Å². The third-order valence-corrected chi connectivity index (χ3v) is 3.70. The van der Waals surface area contributed by atoms with Gasteiger partial charge in [-0.25, -0.2) is 4.98 Å². The van der Waals surface area contributed by atoms with Crippen molar-refractivity contribution in [3.63, 3.8) is 0 Å². The molecule has 21 heavy (non-hydrogen) atoms. The topological polar surface area (TPSA) is 77.2 Å². The second-order valence-electron chi connectivity index (χ2n) is 6.29. The minimum Gasteiger partial charge on any atom is -0.480 e. The zero-order chi connectivity index (χ0) is 15.9. The van der Waals surface area contributed by atoms with Crippen LogP contribution in [0.5, 0.6) is 5.88 Å². The number of aromatic nitrogens is 1. The predicted octanol–water partition coefficient (Wildman–Crippen LogP) is 2.82. The maximum Gasteiger partial charge on any atom is 0.237 e. The molecule has 0 aromatic carbocycles. The fourth-order valence-corrected chi connectivity index (χ4v) is 2.38. The molecule has 0 saturated carbocycles. The second-order valence-corrected chi connectivity index (χ2v) is 6.29. The summed E-state index contributed by atoms with van der Waals surface area (Å²) in [5.74, 6) is 0.844. The van der Waals surface area contributed by atoms with Crippen molar-refractivity contribution in [3.05, 3.63) is 18.3 Å². The van der Waals surface area contributed by atoms with Crippen molar-refractivity contribution in [2.75, 3.05) is 19.0 Å². The van der Waals surface area contributed by atoms with E-state index in [0.29, 0.717) is 30.5 Å². The van der Waals surface area contributed by atoms with Crippen LogP contribution in [0.25, 0.3) is 0 Å². The van der Waals surface area contributed by atoms with Crippen LogP contribution in [-0.2, 0) is 4.79 Å². The molecule has 3 N–H and O–H groups in total. The van der Waals surface area contributed by atoms with Crippen LogP contribution in [-0.4, -0.2) is 24.5 Å². The van der Waals surface area contributed by atoms with E-state index in [2.05, 4.69) is 31.1 Å². The minimum absolute atomic E-state index is 0.0208. The Bertz CT molecular complexity index is 455. The summed E-state index contributed by atoms with van der Waals surface area (Å²) >= 11 is 0. The van der Waals surface area contributed by atoms with E-state index < -0.39 is 0 Å². The first-order valence-corrected chi connectivity index (χ1v) is 7.37.